The van der Waals surface area contributed by atoms with Crippen molar-refractivity contribution in [3.63, 3.8) is 0 Å². The second-order valence-corrected chi connectivity index (χ2v) is 5.61. The lowest BCUT2D eigenvalue weighted by Crippen LogP contribution is -2.38. The molecule has 1 aromatic rings. The van der Waals surface area contributed by atoms with E-state index >= 15 is 0 Å². The van der Waals surface area contributed by atoms with E-state index in [-0.39, 0.29) is 36.8 Å². The topological polar surface area (TPSA) is 53.6 Å². The number of methoxy groups -OCH3 is 1. The maximum atomic E-state index is 11.8. The van der Waals surface area contributed by atoms with Crippen LogP contribution in [0.25, 0.3) is 0 Å². The van der Waals surface area contributed by atoms with E-state index in [1.165, 1.54) is 0 Å². The third kappa shape index (κ3) is 6.26. The van der Waals surface area contributed by atoms with E-state index in [2.05, 4.69) is 15.5 Å². The molecule has 2 rings (SSSR count). The van der Waals surface area contributed by atoms with Crippen molar-refractivity contribution in [3.05, 3.63) is 23.2 Å². The normalized spacial score (nSPS) is 16.3. The molecule has 0 saturated carbocycles. The lowest BCUT2D eigenvalue weighted by atomic mass is 10.2. The third-order valence-electron chi connectivity index (χ3n) is 3.64. The van der Waals surface area contributed by atoms with Crippen LogP contribution in [-0.2, 0) is 4.79 Å². The Hall–Kier alpha value is -0.880. The Morgan fingerprint density at radius 2 is 2.17 bits per heavy atom. The molecule has 1 heterocycles. The van der Waals surface area contributed by atoms with Crippen molar-refractivity contribution in [2.45, 2.75) is 18.9 Å². The quantitative estimate of drug-likeness (QED) is 0.791. The molecule has 1 atom stereocenters. The molecule has 5 nitrogen and oxygen atoms in total. The fourth-order valence-corrected chi connectivity index (χ4v) is 2.71. The summed E-state index contributed by atoms with van der Waals surface area (Å²) < 4.78 is 5.39. The van der Waals surface area contributed by atoms with Crippen molar-refractivity contribution in [2.75, 3.05) is 38.7 Å². The van der Waals surface area contributed by atoms with Gasteiger partial charge in [-0.15, -0.1) is 24.8 Å². The SMILES string of the molecule is CNCCC(=O)NC1CCN(c2cc(Cl)ccc2OC)C1.Cl.Cl. The first-order valence-electron chi connectivity index (χ1n) is 7.16. The lowest BCUT2D eigenvalue weighted by Gasteiger charge is -2.21. The van der Waals surface area contributed by atoms with Gasteiger partial charge >= 0.3 is 0 Å². The Morgan fingerprint density at radius 1 is 1.43 bits per heavy atom. The first-order valence-corrected chi connectivity index (χ1v) is 7.54. The number of benzene rings is 1. The van der Waals surface area contributed by atoms with E-state index in [0.29, 0.717) is 18.0 Å². The summed E-state index contributed by atoms with van der Waals surface area (Å²) in [4.78, 5) is 14.0. The van der Waals surface area contributed by atoms with Crippen LogP contribution < -0.4 is 20.3 Å². The number of amides is 1. The maximum absolute atomic E-state index is 11.8. The lowest BCUT2D eigenvalue weighted by molar-refractivity contribution is -0.121. The van der Waals surface area contributed by atoms with Gasteiger partial charge in [-0.3, -0.25) is 4.79 Å². The summed E-state index contributed by atoms with van der Waals surface area (Å²) in [5.41, 5.74) is 0.983. The van der Waals surface area contributed by atoms with Crippen LogP contribution >= 0.6 is 36.4 Å². The van der Waals surface area contributed by atoms with Crippen molar-refractivity contribution in [2.24, 2.45) is 0 Å². The highest BCUT2D eigenvalue weighted by molar-refractivity contribution is 6.30. The number of halogens is 3. The summed E-state index contributed by atoms with van der Waals surface area (Å²) in [6.45, 7) is 2.36. The van der Waals surface area contributed by atoms with Gasteiger partial charge in [0.2, 0.25) is 5.91 Å². The van der Waals surface area contributed by atoms with Gasteiger partial charge in [-0.2, -0.15) is 0 Å². The van der Waals surface area contributed by atoms with Crippen molar-refractivity contribution >= 4 is 48.0 Å². The number of nitrogens with zero attached hydrogens (tertiary/aromatic N) is 1. The number of nitrogens with one attached hydrogen (secondary N) is 2. The largest absolute Gasteiger partial charge is 0.495 e. The molecule has 1 aliphatic rings. The molecular weight excluding hydrogens is 361 g/mol. The average Bonchev–Trinajstić information content (AvgIpc) is 2.93. The van der Waals surface area contributed by atoms with Crippen LogP contribution in [0, 0.1) is 0 Å². The standard InChI is InChI=1S/C15H22ClN3O2.2ClH/c1-17-7-5-15(20)18-12-6-8-19(10-12)13-9-11(16)3-4-14(13)21-2;;/h3-4,9,12,17H,5-8,10H2,1-2H3,(H,18,20);2*1H. The van der Waals surface area contributed by atoms with E-state index in [1.54, 1.807) is 7.11 Å². The summed E-state index contributed by atoms with van der Waals surface area (Å²) in [6.07, 6.45) is 1.44. The molecule has 0 aromatic heterocycles. The molecule has 1 unspecified atom stereocenters. The molecule has 1 aliphatic heterocycles. The van der Waals surface area contributed by atoms with Gasteiger partial charge in [0.25, 0.3) is 0 Å². The Kier molecular flexibility index (Phi) is 10.4. The minimum atomic E-state index is 0. The van der Waals surface area contributed by atoms with Gasteiger partial charge in [-0.25, -0.2) is 0 Å². The fraction of sp³-hybridized carbons (Fsp3) is 0.533. The van der Waals surface area contributed by atoms with Crippen LogP contribution in [0.2, 0.25) is 5.02 Å². The van der Waals surface area contributed by atoms with E-state index in [0.717, 1.165) is 30.9 Å². The number of anilines is 1. The molecule has 0 bridgehead atoms. The summed E-state index contributed by atoms with van der Waals surface area (Å²) in [7, 11) is 3.50. The Balaban J connectivity index is 0.00000242. The Bertz CT molecular complexity index is 503. The van der Waals surface area contributed by atoms with Crippen molar-refractivity contribution in [1.82, 2.24) is 10.6 Å². The first-order chi connectivity index (χ1) is 10.1. The smallest absolute Gasteiger partial charge is 0.221 e. The number of hydrogen-bond acceptors (Lipinski definition) is 4. The molecule has 1 amide bonds. The van der Waals surface area contributed by atoms with Crippen LogP contribution in [0.5, 0.6) is 5.75 Å². The molecule has 1 saturated heterocycles. The molecule has 0 radical (unpaired) electrons. The van der Waals surface area contributed by atoms with E-state index in [9.17, 15) is 4.79 Å². The number of ether oxygens (including phenoxy) is 1. The molecule has 1 aromatic carbocycles. The second kappa shape index (κ2) is 10.8. The van der Waals surface area contributed by atoms with Gasteiger partial charge in [0.05, 0.1) is 12.8 Å². The summed E-state index contributed by atoms with van der Waals surface area (Å²) in [5, 5.41) is 6.74. The van der Waals surface area contributed by atoms with Gasteiger partial charge in [0.15, 0.2) is 0 Å². The predicted molar refractivity (Wildman–Crippen MR) is 99.8 cm³/mol. The third-order valence-corrected chi connectivity index (χ3v) is 3.87. The molecule has 1 fully saturated rings. The van der Waals surface area contributed by atoms with Crippen LogP contribution in [-0.4, -0.2) is 45.7 Å². The van der Waals surface area contributed by atoms with Gasteiger partial charge in [0, 0.05) is 37.1 Å². The summed E-state index contributed by atoms with van der Waals surface area (Å²) in [5.74, 6) is 0.899. The fourth-order valence-electron chi connectivity index (χ4n) is 2.55. The van der Waals surface area contributed by atoms with Crippen molar-refractivity contribution in [3.8, 4) is 5.75 Å². The van der Waals surface area contributed by atoms with Crippen LogP contribution in [0.1, 0.15) is 12.8 Å². The zero-order chi connectivity index (χ0) is 15.2. The van der Waals surface area contributed by atoms with Crippen LogP contribution in [0.4, 0.5) is 5.69 Å². The molecule has 23 heavy (non-hydrogen) atoms. The monoisotopic (exact) mass is 383 g/mol. The summed E-state index contributed by atoms with van der Waals surface area (Å²) in [6, 6.07) is 5.78. The predicted octanol–water partition coefficient (Wildman–Crippen LogP) is 2.50. The van der Waals surface area contributed by atoms with Crippen LogP contribution in [0.15, 0.2) is 18.2 Å². The molecule has 0 aliphatic carbocycles. The highest BCUT2D eigenvalue weighted by Gasteiger charge is 2.25. The summed E-state index contributed by atoms with van der Waals surface area (Å²) >= 11 is 6.07. The zero-order valence-corrected chi connectivity index (χ0v) is 15.7. The molecule has 132 valence electrons. The number of rotatable bonds is 6. The first kappa shape index (κ1) is 22.1. The van der Waals surface area contributed by atoms with Crippen LogP contribution in [0.3, 0.4) is 0 Å². The van der Waals surface area contributed by atoms with E-state index in [1.807, 2.05) is 25.2 Å². The van der Waals surface area contributed by atoms with Gasteiger partial charge < -0.3 is 20.3 Å². The van der Waals surface area contributed by atoms with Crippen molar-refractivity contribution < 1.29 is 9.53 Å². The minimum absolute atomic E-state index is 0. The van der Waals surface area contributed by atoms with Gasteiger partial charge in [-0.05, 0) is 31.7 Å². The van der Waals surface area contributed by atoms with E-state index in [4.69, 9.17) is 16.3 Å². The molecular formula is C15H24Cl3N3O2. The molecule has 8 heteroatoms. The van der Waals surface area contributed by atoms with Crippen molar-refractivity contribution in [1.29, 1.82) is 0 Å². The zero-order valence-electron chi connectivity index (χ0n) is 13.3. The number of carbonyl (C=O) groups is 1. The highest BCUT2D eigenvalue weighted by Crippen LogP contribution is 2.33. The molecule has 2 N–H and O–H groups in total. The Labute approximate surface area is 154 Å². The second-order valence-electron chi connectivity index (χ2n) is 5.17. The van der Waals surface area contributed by atoms with Gasteiger partial charge in [0.1, 0.15) is 5.75 Å². The van der Waals surface area contributed by atoms with E-state index < -0.39 is 0 Å². The van der Waals surface area contributed by atoms with Gasteiger partial charge in [-0.1, -0.05) is 11.6 Å². The number of hydrogen-bond donors (Lipinski definition) is 2. The Morgan fingerprint density at radius 3 is 2.83 bits per heavy atom. The number of carbonyl (C=O) groups excluding carboxylic acids is 1. The molecule has 0 spiro atoms. The highest BCUT2D eigenvalue weighted by atomic mass is 35.5. The maximum Gasteiger partial charge on any atom is 0.221 e. The average molecular weight is 385 g/mol. The minimum Gasteiger partial charge on any atom is -0.495 e.